The van der Waals surface area contributed by atoms with E-state index in [4.69, 9.17) is 10.2 Å². The van der Waals surface area contributed by atoms with Crippen LogP contribution in [-0.2, 0) is 0 Å². The minimum Gasteiger partial charge on any atom is -0.478 e. The van der Waals surface area contributed by atoms with Crippen LogP contribution in [0, 0.1) is 11.6 Å². The molecule has 118 valence electrons. The highest BCUT2D eigenvalue weighted by Gasteiger charge is 2.14. The van der Waals surface area contributed by atoms with Crippen LogP contribution in [0.4, 0.5) is 14.5 Å². The van der Waals surface area contributed by atoms with Crippen LogP contribution in [0.5, 0.6) is 0 Å². The fourth-order valence-electron chi connectivity index (χ4n) is 1.79. The zero-order valence-electron chi connectivity index (χ0n) is 11.3. The highest BCUT2D eigenvalue weighted by molar-refractivity contribution is 6.05. The molecular formula is C15H9F2NO5. The second-order valence-electron chi connectivity index (χ2n) is 4.49. The van der Waals surface area contributed by atoms with Gasteiger partial charge in [-0.05, 0) is 36.4 Å². The van der Waals surface area contributed by atoms with Gasteiger partial charge in [0.05, 0.1) is 11.1 Å². The number of carboxylic acids is 2. The molecule has 3 N–H and O–H groups in total. The summed E-state index contributed by atoms with van der Waals surface area (Å²) in [5.41, 5.74) is -0.991. The Kier molecular flexibility index (Phi) is 4.35. The smallest absolute Gasteiger partial charge is 0.335 e. The van der Waals surface area contributed by atoms with E-state index >= 15 is 0 Å². The molecule has 0 fully saturated rings. The van der Waals surface area contributed by atoms with E-state index in [9.17, 15) is 23.2 Å². The van der Waals surface area contributed by atoms with Gasteiger partial charge in [-0.15, -0.1) is 0 Å². The molecule has 0 saturated heterocycles. The third-order valence-electron chi connectivity index (χ3n) is 2.87. The summed E-state index contributed by atoms with van der Waals surface area (Å²) in [4.78, 5) is 33.9. The molecule has 2 aromatic carbocycles. The molecule has 2 rings (SSSR count). The number of nitrogens with one attached hydrogen (secondary N) is 1. The molecule has 0 aromatic heterocycles. The minimum absolute atomic E-state index is 0.1000. The van der Waals surface area contributed by atoms with E-state index in [1.54, 1.807) is 0 Å². The highest BCUT2D eigenvalue weighted by Crippen LogP contribution is 2.17. The summed E-state index contributed by atoms with van der Waals surface area (Å²) in [6.45, 7) is 0. The topological polar surface area (TPSA) is 104 Å². The molecule has 2 aromatic rings. The average molecular weight is 321 g/mol. The fourth-order valence-corrected chi connectivity index (χ4v) is 1.79. The lowest BCUT2D eigenvalue weighted by Crippen LogP contribution is -2.14. The molecule has 1 amide bonds. The number of carbonyl (C=O) groups is 3. The number of carbonyl (C=O) groups excluding carboxylic acids is 1. The molecule has 0 saturated carbocycles. The number of hydrogen-bond donors (Lipinski definition) is 3. The van der Waals surface area contributed by atoms with Crippen LogP contribution in [0.1, 0.15) is 31.1 Å². The molecular weight excluding hydrogens is 312 g/mol. The summed E-state index contributed by atoms with van der Waals surface area (Å²) in [5.74, 6) is -5.94. The Hall–Kier alpha value is -3.29. The SMILES string of the molecule is O=C(O)c1cc(NC(=O)c2ccc(F)c(F)c2)cc(C(=O)O)c1. The molecule has 0 heterocycles. The van der Waals surface area contributed by atoms with Gasteiger partial charge in [0.25, 0.3) is 5.91 Å². The van der Waals surface area contributed by atoms with E-state index in [-0.39, 0.29) is 22.4 Å². The monoisotopic (exact) mass is 321 g/mol. The number of anilines is 1. The van der Waals surface area contributed by atoms with Crippen LogP contribution >= 0.6 is 0 Å². The van der Waals surface area contributed by atoms with Gasteiger partial charge in [0.15, 0.2) is 11.6 Å². The number of rotatable bonds is 4. The zero-order valence-corrected chi connectivity index (χ0v) is 11.3. The number of amides is 1. The standard InChI is InChI=1S/C15H9F2NO5/c16-11-2-1-7(6-12(11)17)13(19)18-10-4-8(14(20)21)3-9(5-10)15(22)23/h1-6H,(H,18,19)(H,20,21)(H,22,23). The van der Waals surface area contributed by atoms with Gasteiger partial charge in [0, 0.05) is 11.3 Å². The Morgan fingerprint density at radius 2 is 1.35 bits per heavy atom. The van der Waals surface area contributed by atoms with Gasteiger partial charge in [-0.3, -0.25) is 4.79 Å². The Labute approximate surface area is 128 Å². The van der Waals surface area contributed by atoms with E-state index in [0.717, 1.165) is 30.3 Å². The zero-order chi connectivity index (χ0) is 17.1. The average Bonchev–Trinajstić information content (AvgIpc) is 2.49. The Morgan fingerprint density at radius 3 is 1.83 bits per heavy atom. The van der Waals surface area contributed by atoms with Crippen molar-refractivity contribution in [3.8, 4) is 0 Å². The van der Waals surface area contributed by atoms with E-state index in [1.807, 2.05) is 0 Å². The Morgan fingerprint density at radius 1 is 0.783 bits per heavy atom. The first-order valence-electron chi connectivity index (χ1n) is 6.16. The highest BCUT2D eigenvalue weighted by atomic mass is 19.2. The van der Waals surface area contributed by atoms with Crippen molar-refractivity contribution >= 4 is 23.5 Å². The van der Waals surface area contributed by atoms with Crippen LogP contribution in [0.2, 0.25) is 0 Å². The molecule has 23 heavy (non-hydrogen) atoms. The fraction of sp³-hybridized carbons (Fsp3) is 0. The molecule has 0 aliphatic carbocycles. The van der Waals surface area contributed by atoms with E-state index in [2.05, 4.69) is 5.32 Å². The summed E-state index contributed by atoms with van der Waals surface area (Å²) < 4.78 is 25.9. The second-order valence-corrected chi connectivity index (χ2v) is 4.49. The van der Waals surface area contributed by atoms with Crippen molar-refractivity contribution in [3.63, 3.8) is 0 Å². The second kappa shape index (κ2) is 6.22. The lowest BCUT2D eigenvalue weighted by atomic mass is 10.1. The van der Waals surface area contributed by atoms with Crippen molar-refractivity contribution in [2.75, 3.05) is 5.32 Å². The Bertz CT molecular complexity index is 787. The normalized spacial score (nSPS) is 10.2. The summed E-state index contributed by atoms with van der Waals surface area (Å²) in [6, 6.07) is 5.49. The van der Waals surface area contributed by atoms with Gasteiger partial charge in [-0.2, -0.15) is 0 Å². The van der Waals surface area contributed by atoms with Crippen molar-refractivity contribution in [1.82, 2.24) is 0 Å². The number of halogens is 2. The first kappa shape index (κ1) is 16.1. The van der Waals surface area contributed by atoms with E-state index in [1.165, 1.54) is 0 Å². The van der Waals surface area contributed by atoms with Gasteiger partial charge < -0.3 is 15.5 Å². The molecule has 0 unspecified atom stereocenters. The predicted octanol–water partition coefficient (Wildman–Crippen LogP) is 2.61. The maximum absolute atomic E-state index is 13.1. The van der Waals surface area contributed by atoms with Crippen LogP contribution in [0.15, 0.2) is 36.4 Å². The third kappa shape index (κ3) is 3.67. The first-order valence-corrected chi connectivity index (χ1v) is 6.16. The summed E-state index contributed by atoms with van der Waals surface area (Å²) in [5, 5.41) is 20.1. The summed E-state index contributed by atoms with van der Waals surface area (Å²) in [7, 11) is 0. The van der Waals surface area contributed by atoms with Gasteiger partial charge >= 0.3 is 11.9 Å². The third-order valence-corrected chi connectivity index (χ3v) is 2.87. The minimum atomic E-state index is -1.38. The predicted molar refractivity (Wildman–Crippen MR) is 74.7 cm³/mol. The van der Waals surface area contributed by atoms with E-state index in [0.29, 0.717) is 6.07 Å². The van der Waals surface area contributed by atoms with Crippen molar-refractivity contribution in [3.05, 3.63) is 64.7 Å². The van der Waals surface area contributed by atoms with Crippen molar-refractivity contribution in [2.24, 2.45) is 0 Å². The lowest BCUT2D eigenvalue weighted by molar-refractivity contribution is 0.0696. The van der Waals surface area contributed by atoms with Crippen molar-refractivity contribution in [2.45, 2.75) is 0 Å². The van der Waals surface area contributed by atoms with Gasteiger partial charge in [-0.25, -0.2) is 18.4 Å². The number of aromatic carboxylic acids is 2. The van der Waals surface area contributed by atoms with Gasteiger partial charge in [0.1, 0.15) is 0 Å². The van der Waals surface area contributed by atoms with Crippen molar-refractivity contribution < 1.29 is 33.4 Å². The quantitative estimate of drug-likeness (QED) is 0.803. The molecule has 0 aliphatic rings. The molecule has 0 spiro atoms. The van der Waals surface area contributed by atoms with Crippen LogP contribution < -0.4 is 5.32 Å². The molecule has 0 atom stereocenters. The van der Waals surface area contributed by atoms with Gasteiger partial charge in [0.2, 0.25) is 0 Å². The van der Waals surface area contributed by atoms with Crippen LogP contribution in [-0.4, -0.2) is 28.1 Å². The molecule has 0 radical (unpaired) electrons. The van der Waals surface area contributed by atoms with Gasteiger partial charge in [-0.1, -0.05) is 0 Å². The summed E-state index contributed by atoms with van der Waals surface area (Å²) in [6.07, 6.45) is 0. The number of carboxylic acid groups (broad SMARTS) is 2. The number of benzene rings is 2. The number of hydrogen-bond acceptors (Lipinski definition) is 3. The Balaban J connectivity index is 2.34. The molecule has 6 nitrogen and oxygen atoms in total. The maximum atomic E-state index is 13.1. The van der Waals surface area contributed by atoms with E-state index < -0.39 is 29.5 Å². The largest absolute Gasteiger partial charge is 0.478 e. The van der Waals surface area contributed by atoms with Crippen LogP contribution in [0.25, 0.3) is 0 Å². The van der Waals surface area contributed by atoms with Crippen LogP contribution in [0.3, 0.4) is 0 Å². The summed E-state index contributed by atoms with van der Waals surface area (Å²) >= 11 is 0. The molecule has 0 aliphatic heterocycles. The lowest BCUT2D eigenvalue weighted by Gasteiger charge is -2.08. The maximum Gasteiger partial charge on any atom is 0.335 e. The molecule has 8 heteroatoms. The van der Waals surface area contributed by atoms with Crippen molar-refractivity contribution in [1.29, 1.82) is 0 Å². The molecule has 0 bridgehead atoms. The first-order chi connectivity index (χ1) is 10.8.